The van der Waals surface area contributed by atoms with E-state index < -0.39 is 0 Å². The van der Waals surface area contributed by atoms with E-state index in [0.29, 0.717) is 22.2 Å². The average Bonchev–Trinajstić information content (AvgIpc) is 2.72. The van der Waals surface area contributed by atoms with Gasteiger partial charge in [-0.2, -0.15) is 0 Å². The molecule has 2 atom stereocenters. The van der Waals surface area contributed by atoms with Crippen LogP contribution in [0.3, 0.4) is 0 Å². The lowest BCUT2D eigenvalue weighted by atomic mass is 10.1. The maximum absolute atomic E-state index is 12.3. The molecular formula is C23H27Cl2N3O3. The van der Waals surface area contributed by atoms with E-state index in [-0.39, 0.29) is 30.6 Å². The zero-order valence-corrected chi connectivity index (χ0v) is 19.2. The summed E-state index contributed by atoms with van der Waals surface area (Å²) in [4.78, 5) is 26.8. The van der Waals surface area contributed by atoms with Gasteiger partial charge in [0.15, 0.2) is 0 Å². The number of carbonyl (C=O) groups is 2. The van der Waals surface area contributed by atoms with E-state index in [1.54, 1.807) is 12.1 Å². The lowest BCUT2D eigenvalue weighted by Gasteiger charge is -2.35. The summed E-state index contributed by atoms with van der Waals surface area (Å²) in [5, 5.41) is 6.14. The molecule has 0 radical (unpaired) electrons. The van der Waals surface area contributed by atoms with E-state index in [0.717, 1.165) is 25.2 Å². The molecule has 1 aliphatic rings. The molecule has 2 N–H and O–H groups in total. The summed E-state index contributed by atoms with van der Waals surface area (Å²) in [5.41, 5.74) is 2.57. The van der Waals surface area contributed by atoms with Gasteiger partial charge >= 0.3 is 0 Å². The number of nitrogens with one attached hydrogen (secondary N) is 2. The molecule has 6 nitrogen and oxygen atoms in total. The quantitative estimate of drug-likeness (QED) is 0.657. The second-order valence-electron chi connectivity index (χ2n) is 7.81. The summed E-state index contributed by atoms with van der Waals surface area (Å²) < 4.78 is 5.81. The van der Waals surface area contributed by atoms with E-state index in [2.05, 4.69) is 35.4 Å². The van der Waals surface area contributed by atoms with Crippen LogP contribution in [0.5, 0.6) is 0 Å². The molecule has 2 aromatic rings. The van der Waals surface area contributed by atoms with Crippen LogP contribution in [0, 0.1) is 0 Å². The minimum Gasteiger partial charge on any atom is -0.373 e. The van der Waals surface area contributed by atoms with Gasteiger partial charge < -0.3 is 15.4 Å². The molecule has 31 heavy (non-hydrogen) atoms. The Morgan fingerprint density at radius 1 is 1.00 bits per heavy atom. The van der Waals surface area contributed by atoms with Crippen molar-refractivity contribution in [3.63, 3.8) is 0 Å². The van der Waals surface area contributed by atoms with Gasteiger partial charge in [-0.15, -0.1) is 0 Å². The molecule has 3 rings (SSSR count). The lowest BCUT2D eigenvalue weighted by Crippen LogP contribution is -2.45. The Morgan fingerprint density at radius 2 is 1.68 bits per heavy atom. The highest BCUT2D eigenvalue weighted by Crippen LogP contribution is 2.22. The number of halogens is 2. The highest BCUT2D eigenvalue weighted by Gasteiger charge is 2.22. The topological polar surface area (TPSA) is 70.7 Å². The van der Waals surface area contributed by atoms with Crippen molar-refractivity contribution in [1.82, 2.24) is 15.5 Å². The highest BCUT2D eigenvalue weighted by molar-refractivity contribution is 6.42. The number of hydrogen-bond acceptors (Lipinski definition) is 4. The number of carbonyl (C=O) groups excluding carboxylic acids is 2. The molecule has 8 heteroatoms. The second kappa shape index (κ2) is 11.0. The van der Waals surface area contributed by atoms with Crippen LogP contribution in [0.15, 0.2) is 42.5 Å². The van der Waals surface area contributed by atoms with E-state index in [9.17, 15) is 9.59 Å². The Labute approximate surface area is 192 Å². The molecule has 166 valence electrons. The van der Waals surface area contributed by atoms with E-state index >= 15 is 0 Å². The number of nitrogens with zero attached hydrogens (tertiary/aromatic N) is 1. The zero-order valence-electron chi connectivity index (χ0n) is 17.7. The molecule has 0 aromatic heterocycles. The largest absolute Gasteiger partial charge is 0.373 e. The molecule has 0 saturated carbocycles. The Bertz CT molecular complexity index is 928. The lowest BCUT2D eigenvalue weighted by molar-refractivity contribution is -0.120. The normalized spacial score (nSPS) is 19.1. The molecule has 0 bridgehead atoms. The summed E-state index contributed by atoms with van der Waals surface area (Å²) in [6.45, 7) is 7.00. The highest BCUT2D eigenvalue weighted by atomic mass is 35.5. The monoisotopic (exact) mass is 463 g/mol. The van der Waals surface area contributed by atoms with Gasteiger partial charge in [0, 0.05) is 31.7 Å². The predicted octanol–water partition coefficient (Wildman–Crippen LogP) is 3.65. The summed E-state index contributed by atoms with van der Waals surface area (Å²) in [6.07, 6.45) is 0.407. The van der Waals surface area contributed by atoms with Gasteiger partial charge in [-0.1, -0.05) is 47.5 Å². The number of rotatable bonds is 7. The number of benzene rings is 2. The Hall–Kier alpha value is -2.12. The second-order valence-corrected chi connectivity index (χ2v) is 8.62. The molecule has 1 saturated heterocycles. The van der Waals surface area contributed by atoms with E-state index in [4.69, 9.17) is 27.9 Å². The SMILES string of the molecule is CC1CN(Cc2ccccc2CNC(=O)CNC(=O)c2ccc(Cl)c(Cl)c2)CC(C)O1. The van der Waals surface area contributed by atoms with E-state index in [1.165, 1.54) is 11.6 Å². The molecule has 0 spiro atoms. The summed E-state index contributed by atoms with van der Waals surface area (Å²) in [6, 6.07) is 12.6. The Morgan fingerprint density at radius 3 is 2.35 bits per heavy atom. The number of morpholine rings is 1. The van der Waals surface area contributed by atoms with E-state index in [1.807, 2.05) is 18.2 Å². The zero-order chi connectivity index (χ0) is 22.4. The van der Waals surface area contributed by atoms with Crippen molar-refractivity contribution in [3.8, 4) is 0 Å². The fourth-order valence-electron chi connectivity index (χ4n) is 3.69. The van der Waals surface area contributed by atoms with Crippen molar-refractivity contribution in [3.05, 3.63) is 69.2 Å². The standard InChI is InChI=1S/C23H27Cl2N3O3/c1-15-12-28(13-16(2)31-15)14-19-6-4-3-5-18(19)10-26-22(29)11-27-23(30)17-7-8-20(24)21(25)9-17/h3-9,15-16H,10-14H2,1-2H3,(H,26,29)(H,27,30). The minimum absolute atomic E-state index is 0.125. The first-order valence-electron chi connectivity index (χ1n) is 10.3. The van der Waals surface area contributed by atoms with Gasteiger partial charge in [0.2, 0.25) is 5.91 Å². The van der Waals surface area contributed by atoms with Gasteiger partial charge in [-0.3, -0.25) is 14.5 Å². The van der Waals surface area contributed by atoms with Crippen LogP contribution in [0.2, 0.25) is 10.0 Å². The van der Waals surface area contributed by atoms with Crippen LogP contribution in [0.4, 0.5) is 0 Å². The average molecular weight is 464 g/mol. The maximum Gasteiger partial charge on any atom is 0.251 e. The van der Waals surface area contributed by atoms with Gasteiger partial charge in [0.05, 0.1) is 28.8 Å². The van der Waals surface area contributed by atoms with Gasteiger partial charge in [0.1, 0.15) is 0 Å². The molecule has 2 amide bonds. The van der Waals surface area contributed by atoms with Crippen LogP contribution in [0.1, 0.15) is 35.3 Å². The smallest absolute Gasteiger partial charge is 0.251 e. The molecule has 2 unspecified atom stereocenters. The first-order chi connectivity index (χ1) is 14.8. The molecule has 1 fully saturated rings. The number of amides is 2. The maximum atomic E-state index is 12.3. The van der Waals surface area contributed by atoms with Crippen LogP contribution in [-0.4, -0.2) is 48.6 Å². The summed E-state index contributed by atoms with van der Waals surface area (Å²) in [5.74, 6) is -0.651. The third-order valence-electron chi connectivity index (χ3n) is 5.07. The fourth-order valence-corrected chi connectivity index (χ4v) is 3.99. The minimum atomic E-state index is -0.385. The van der Waals surface area contributed by atoms with Gasteiger partial charge in [0.25, 0.3) is 5.91 Å². The van der Waals surface area contributed by atoms with Gasteiger partial charge in [-0.05, 0) is 43.2 Å². The van der Waals surface area contributed by atoms with Crippen molar-refractivity contribution in [1.29, 1.82) is 0 Å². The summed E-state index contributed by atoms with van der Waals surface area (Å²) in [7, 11) is 0. The van der Waals surface area contributed by atoms with Gasteiger partial charge in [-0.25, -0.2) is 0 Å². The van der Waals surface area contributed by atoms with Crippen LogP contribution in [0.25, 0.3) is 0 Å². The molecule has 0 aliphatic carbocycles. The molecule has 1 aliphatic heterocycles. The van der Waals surface area contributed by atoms with Crippen molar-refractivity contribution in [2.24, 2.45) is 0 Å². The van der Waals surface area contributed by atoms with Crippen LogP contribution >= 0.6 is 23.2 Å². The molecular weight excluding hydrogens is 437 g/mol. The third-order valence-corrected chi connectivity index (χ3v) is 5.81. The Balaban J connectivity index is 1.51. The summed E-state index contributed by atoms with van der Waals surface area (Å²) >= 11 is 11.8. The number of hydrogen-bond donors (Lipinski definition) is 2. The number of ether oxygens (including phenoxy) is 1. The van der Waals surface area contributed by atoms with Crippen LogP contribution < -0.4 is 10.6 Å². The first-order valence-corrected chi connectivity index (χ1v) is 11.0. The predicted molar refractivity (Wildman–Crippen MR) is 122 cm³/mol. The molecule has 2 aromatic carbocycles. The fraction of sp³-hybridized carbons (Fsp3) is 0.391. The van der Waals surface area contributed by atoms with Crippen molar-refractivity contribution >= 4 is 35.0 Å². The van der Waals surface area contributed by atoms with Crippen molar-refractivity contribution in [2.75, 3.05) is 19.6 Å². The van der Waals surface area contributed by atoms with Crippen molar-refractivity contribution in [2.45, 2.75) is 39.1 Å². The third kappa shape index (κ3) is 6.94. The first kappa shape index (κ1) is 23.5. The molecule has 1 heterocycles. The van der Waals surface area contributed by atoms with Crippen molar-refractivity contribution < 1.29 is 14.3 Å². The Kier molecular flexibility index (Phi) is 8.32. The van der Waals surface area contributed by atoms with Crippen LogP contribution in [-0.2, 0) is 22.6 Å².